The third kappa shape index (κ3) is 3.12. The number of aromatic nitrogens is 3. The Morgan fingerprint density at radius 3 is 3.00 bits per heavy atom. The van der Waals surface area contributed by atoms with E-state index in [4.69, 9.17) is 16.3 Å². The van der Waals surface area contributed by atoms with Gasteiger partial charge in [-0.3, -0.25) is 0 Å². The first-order valence-corrected chi connectivity index (χ1v) is 7.84. The zero-order chi connectivity index (χ0) is 12.3. The summed E-state index contributed by atoms with van der Waals surface area (Å²) in [7, 11) is 0.424. The van der Waals surface area contributed by atoms with Crippen molar-refractivity contribution in [2.75, 3.05) is 24.9 Å². The first kappa shape index (κ1) is 12.7. The summed E-state index contributed by atoms with van der Waals surface area (Å²) in [4.78, 5) is 8.15. The Balaban J connectivity index is 2.02. The zero-order valence-electron chi connectivity index (χ0n) is 9.89. The van der Waals surface area contributed by atoms with Gasteiger partial charge in [-0.1, -0.05) is 11.6 Å². The molecule has 0 fully saturated rings. The van der Waals surface area contributed by atoms with E-state index in [9.17, 15) is 0 Å². The van der Waals surface area contributed by atoms with Crippen LogP contribution >= 0.6 is 11.6 Å². The monoisotopic (exact) mass is 272 g/mol. The predicted octanol–water partition coefficient (Wildman–Crippen LogP) is 1.94. The van der Waals surface area contributed by atoms with Gasteiger partial charge in [-0.2, -0.15) is 0 Å². The molecule has 2 rings (SSSR count). The lowest BCUT2D eigenvalue weighted by Gasteiger charge is -2.05. The van der Waals surface area contributed by atoms with Crippen molar-refractivity contribution >= 4 is 33.5 Å². The molecule has 6 heteroatoms. The number of hydrogen-bond donors (Lipinski definition) is 0. The maximum atomic E-state index is 5.97. The van der Waals surface area contributed by atoms with E-state index in [0.717, 1.165) is 23.4 Å². The van der Waals surface area contributed by atoms with Crippen molar-refractivity contribution in [2.45, 2.75) is 6.73 Å². The highest BCUT2D eigenvalue weighted by molar-refractivity contribution is 7.95. The van der Waals surface area contributed by atoms with Crippen LogP contribution in [0.2, 0.25) is 5.15 Å². The molecule has 0 radical (unpaired) electrons. The van der Waals surface area contributed by atoms with Crippen LogP contribution in [0.5, 0.6) is 0 Å². The van der Waals surface area contributed by atoms with Crippen molar-refractivity contribution in [3.8, 4) is 0 Å². The average molecular weight is 273 g/mol. The van der Waals surface area contributed by atoms with Gasteiger partial charge in [0.25, 0.3) is 0 Å². The minimum atomic E-state index is 0.424. The van der Waals surface area contributed by atoms with E-state index in [0.29, 0.717) is 22.8 Å². The minimum Gasteiger partial charge on any atom is -0.356 e. The predicted molar refractivity (Wildman–Crippen MR) is 72.6 cm³/mol. The topological polar surface area (TPSA) is 39.9 Å². The van der Waals surface area contributed by atoms with Crippen molar-refractivity contribution in [1.29, 1.82) is 0 Å². The maximum Gasteiger partial charge on any atom is 0.146 e. The van der Waals surface area contributed by atoms with Gasteiger partial charge in [-0.05, 0) is 17.0 Å². The van der Waals surface area contributed by atoms with Crippen LogP contribution < -0.4 is 0 Å². The lowest BCUT2D eigenvalue weighted by Crippen LogP contribution is -2.11. The Morgan fingerprint density at radius 2 is 2.24 bits per heavy atom. The van der Waals surface area contributed by atoms with Crippen LogP contribution in [0.4, 0.5) is 0 Å². The van der Waals surface area contributed by atoms with Crippen molar-refractivity contribution in [1.82, 2.24) is 14.5 Å². The lowest BCUT2D eigenvalue weighted by molar-refractivity contribution is 0.0924. The summed E-state index contributed by atoms with van der Waals surface area (Å²) in [5.41, 5.74) is 0.817. The highest BCUT2D eigenvalue weighted by Crippen LogP contribution is 2.19. The minimum absolute atomic E-state index is 0.424. The molecule has 0 aliphatic rings. The summed E-state index contributed by atoms with van der Waals surface area (Å²) in [6, 6.07) is 1.91. The highest BCUT2D eigenvalue weighted by atomic mass is 35.5. The largest absolute Gasteiger partial charge is 0.356 e. The Bertz CT molecular complexity index is 500. The summed E-state index contributed by atoms with van der Waals surface area (Å²) in [5.74, 6) is 1.09. The van der Waals surface area contributed by atoms with E-state index in [2.05, 4.69) is 22.5 Å². The van der Waals surface area contributed by atoms with Crippen LogP contribution in [0.1, 0.15) is 0 Å². The molecule has 0 N–H and O–H groups in total. The third-order valence-electron chi connectivity index (χ3n) is 2.37. The fourth-order valence-corrected chi connectivity index (χ4v) is 2.11. The Kier molecular flexibility index (Phi) is 4.25. The van der Waals surface area contributed by atoms with Crippen LogP contribution in [0, 0.1) is 0 Å². The number of ether oxygens (including phenoxy) is 1. The van der Waals surface area contributed by atoms with Gasteiger partial charge >= 0.3 is 0 Å². The summed E-state index contributed by atoms with van der Waals surface area (Å²) in [5, 5.41) is 1.35. The molecular formula is C11H15ClN3OS+. The number of halogens is 1. The van der Waals surface area contributed by atoms with Crippen LogP contribution in [0.3, 0.4) is 0 Å². The fraction of sp³-hybridized carbons (Fsp3) is 0.455. The van der Waals surface area contributed by atoms with E-state index in [-0.39, 0.29) is 0 Å². The SMILES string of the molecule is C[S+](C)CCOCn1ccc2c(Cl)ncnc21. The van der Waals surface area contributed by atoms with Gasteiger partial charge in [0.15, 0.2) is 0 Å². The molecule has 0 saturated carbocycles. The second-order valence-electron chi connectivity index (χ2n) is 3.91. The quantitative estimate of drug-likeness (QED) is 0.474. The lowest BCUT2D eigenvalue weighted by atomic mass is 10.4. The number of fused-ring (bicyclic) bond motifs is 1. The molecule has 0 spiro atoms. The molecule has 0 aliphatic carbocycles. The fourth-order valence-electron chi connectivity index (χ4n) is 1.47. The standard InChI is InChI=1S/C11H15ClN3OS/c1-17(2)6-5-16-8-15-4-3-9-10(12)13-7-14-11(9)15/h3-4,7H,5-6,8H2,1-2H3/q+1. The molecular weight excluding hydrogens is 258 g/mol. The molecule has 2 heterocycles. The molecule has 0 atom stereocenters. The highest BCUT2D eigenvalue weighted by Gasteiger charge is 2.07. The van der Waals surface area contributed by atoms with Crippen molar-refractivity contribution in [3.05, 3.63) is 23.7 Å². The molecule has 0 aromatic carbocycles. The van der Waals surface area contributed by atoms with Gasteiger partial charge in [0.2, 0.25) is 0 Å². The van der Waals surface area contributed by atoms with Crippen molar-refractivity contribution in [2.24, 2.45) is 0 Å². The molecule has 0 amide bonds. The van der Waals surface area contributed by atoms with Gasteiger partial charge in [0, 0.05) is 6.20 Å². The first-order valence-electron chi connectivity index (χ1n) is 5.26. The zero-order valence-corrected chi connectivity index (χ0v) is 11.5. The van der Waals surface area contributed by atoms with Crippen LogP contribution in [-0.4, -0.2) is 39.4 Å². The molecule has 2 aromatic heterocycles. The molecule has 2 aromatic rings. The summed E-state index contributed by atoms with van der Waals surface area (Å²) < 4.78 is 7.54. The maximum absolute atomic E-state index is 5.97. The molecule has 0 aliphatic heterocycles. The molecule has 0 unspecified atom stereocenters. The number of hydrogen-bond acceptors (Lipinski definition) is 3. The van der Waals surface area contributed by atoms with E-state index in [1.54, 1.807) is 0 Å². The van der Waals surface area contributed by atoms with Gasteiger partial charge in [-0.25, -0.2) is 9.97 Å². The Hall–Kier alpha value is -0.780. The number of rotatable bonds is 5. The Morgan fingerprint density at radius 1 is 1.41 bits per heavy atom. The van der Waals surface area contributed by atoms with E-state index >= 15 is 0 Å². The van der Waals surface area contributed by atoms with Gasteiger partial charge in [0.1, 0.15) is 29.6 Å². The van der Waals surface area contributed by atoms with Crippen LogP contribution in [0.15, 0.2) is 18.6 Å². The smallest absolute Gasteiger partial charge is 0.146 e. The van der Waals surface area contributed by atoms with Crippen LogP contribution in [0.25, 0.3) is 11.0 Å². The summed E-state index contributed by atoms with van der Waals surface area (Å²) in [6.45, 7) is 1.28. The van der Waals surface area contributed by atoms with Gasteiger partial charge < -0.3 is 9.30 Å². The van der Waals surface area contributed by atoms with E-state index in [1.807, 2.05) is 16.8 Å². The third-order valence-corrected chi connectivity index (χ3v) is 3.66. The molecule has 17 heavy (non-hydrogen) atoms. The van der Waals surface area contributed by atoms with Gasteiger partial charge in [0.05, 0.1) is 24.5 Å². The molecule has 0 saturated heterocycles. The second kappa shape index (κ2) is 5.71. The van der Waals surface area contributed by atoms with E-state index < -0.39 is 0 Å². The average Bonchev–Trinajstić information content (AvgIpc) is 2.69. The summed E-state index contributed by atoms with van der Waals surface area (Å²) >= 11 is 5.97. The summed E-state index contributed by atoms with van der Waals surface area (Å²) in [6.07, 6.45) is 7.81. The number of nitrogens with zero attached hydrogens (tertiary/aromatic N) is 3. The normalized spacial score (nSPS) is 11.5. The first-order chi connectivity index (χ1) is 8.18. The van der Waals surface area contributed by atoms with Crippen LogP contribution in [-0.2, 0) is 22.4 Å². The Labute approximate surface area is 108 Å². The van der Waals surface area contributed by atoms with Gasteiger partial charge in [-0.15, -0.1) is 0 Å². The molecule has 92 valence electrons. The second-order valence-corrected chi connectivity index (χ2v) is 6.65. The molecule has 0 bridgehead atoms. The van der Waals surface area contributed by atoms with Crippen molar-refractivity contribution < 1.29 is 4.74 Å². The van der Waals surface area contributed by atoms with Crippen molar-refractivity contribution in [3.63, 3.8) is 0 Å². The molecule has 4 nitrogen and oxygen atoms in total. The van der Waals surface area contributed by atoms with E-state index in [1.165, 1.54) is 6.33 Å².